The Balaban J connectivity index is 1.73. The number of hydrogen-bond acceptors (Lipinski definition) is 7. The number of phenolic OH excluding ortho intramolecular Hbond substituents is 1. The summed E-state index contributed by atoms with van der Waals surface area (Å²) in [7, 11) is 2.74. The Morgan fingerprint density at radius 1 is 1.14 bits per heavy atom. The minimum Gasteiger partial charge on any atom is -0.504 e. The summed E-state index contributed by atoms with van der Waals surface area (Å²) in [5.41, 5.74) is 1.81. The van der Waals surface area contributed by atoms with E-state index in [9.17, 15) is 14.7 Å². The maximum absolute atomic E-state index is 12.4. The predicted molar refractivity (Wildman–Crippen MR) is 104 cm³/mol. The number of nitrogens with one attached hydrogen (secondary N) is 1. The number of phenols is 1. The molecule has 0 spiro atoms. The summed E-state index contributed by atoms with van der Waals surface area (Å²) < 4.78 is 15.4. The number of carbonyl (C=O) groups excluding carboxylic acids is 2. The lowest BCUT2D eigenvalue weighted by Crippen LogP contribution is -2.23. The number of methoxy groups -OCH3 is 2. The summed E-state index contributed by atoms with van der Waals surface area (Å²) >= 11 is 0. The van der Waals surface area contributed by atoms with Crippen LogP contribution in [-0.2, 0) is 11.3 Å². The van der Waals surface area contributed by atoms with Gasteiger partial charge in [0, 0.05) is 11.1 Å². The first-order chi connectivity index (χ1) is 13.9. The van der Waals surface area contributed by atoms with Crippen molar-refractivity contribution >= 4 is 11.9 Å². The van der Waals surface area contributed by atoms with E-state index in [1.54, 1.807) is 37.3 Å². The van der Waals surface area contributed by atoms with Crippen LogP contribution >= 0.6 is 0 Å². The summed E-state index contributed by atoms with van der Waals surface area (Å²) in [4.78, 5) is 28.5. The standard InChI is InChI=1S/C21H20N2O6/c1-12-16(23-20(29-12)14-7-8-17(24)18(10-14)27-2)11-22-19(25)13-5-4-6-15(9-13)21(26)28-3/h4-10,24H,11H2,1-3H3,(H,22,25). The van der Waals surface area contributed by atoms with Gasteiger partial charge in [-0.05, 0) is 43.3 Å². The van der Waals surface area contributed by atoms with Crippen molar-refractivity contribution in [2.45, 2.75) is 13.5 Å². The van der Waals surface area contributed by atoms with E-state index in [2.05, 4.69) is 15.0 Å². The van der Waals surface area contributed by atoms with Crippen LogP contribution in [0.1, 0.15) is 32.2 Å². The highest BCUT2D eigenvalue weighted by atomic mass is 16.5. The van der Waals surface area contributed by atoms with Gasteiger partial charge in [0.15, 0.2) is 11.5 Å². The minimum atomic E-state index is -0.513. The lowest BCUT2D eigenvalue weighted by atomic mass is 10.1. The zero-order chi connectivity index (χ0) is 21.0. The number of rotatable bonds is 6. The van der Waals surface area contributed by atoms with Gasteiger partial charge in [-0.15, -0.1) is 0 Å². The van der Waals surface area contributed by atoms with Gasteiger partial charge in [-0.2, -0.15) is 0 Å². The molecule has 29 heavy (non-hydrogen) atoms. The normalized spacial score (nSPS) is 10.4. The molecule has 8 nitrogen and oxygen atoms in total. The number of aromatic nitrogens is 1. The minimum absolute atomic E-state index is 0.0150. The molecule has 1 amide bonds. The van der Waals surface area contributed by atoms with Crippen LogP contribution < -0.4 is 10.1 Å². The first kappa shape index (κ1) is 19.9. The summed E-state index contributed by atoms with van der Waals surface area (Å²) in [6.07, 6.45) is 0. The highest BCUT2D eigenvalue weighted by molar-refractivity contribution is 5.97. The molecule has 2 N–H and O–H groups in total. The Bertz CT molecular complexity index is 1060. The van der Waals surface area contributed by atoms with Gasteiger partial charge in [0.25, 0.3) is 5.91 Å². The second kappa shape index (κ2) is 8.47. The molecule has 3 rings (SSSR count). The monoisotopic (exact) mass is 396 g/mol. The Labute approximate surface area is 167 Å². The molecular weight excluding hydrogens is 376 g/mol. The van der Waals surface area contributed by atoms with Crippen LogP contribution in [0, 0.1) is 6.92 Å². The molecule has 0 bridgehead atoms. The number of benzene rings is 2. The van der Waals surface area contributed by atoms with Gasteiger partial charge >= 0.3 is 5.97 Å². The molecule has 0 fully saturated rings. The molecule has 0 atom stereocenters. The van der Waals surface area contributed by atoms with Gasteiger partial charge in [0.1, 0.15) is 11.5 Å². The largest absolute Gasteiger partial charge is 0.504 e. The van der Waals surface area contributed by atoms with Gasteiger partial charge in [0.2, 0.25) is 5.89 Å². The molecule has 1 aromatic heterocycles. The van der Waals surface area contributed by atoms with Gasteiger partial charge in [-0.25, -0.2) is 9.78 Å². The van der Waals surface area contributed by atoms with Crippen molar-refractivity contribution in [1.29, 1.82) is 0 Å². The van der Waals surface area contributed by atoms with Crippen LogP contribution in [0.3, 0.4) is 0 Å². The third-order valence-corrected chi connectivity index (χ3v) is 4.28. The van der Waals surface area contributed by atoms with E-state index in [-0.39, 0.29) is 18.2 Å². The Morgan fingerprint density at radius 3 is 2.62 bits per heavy atom. The van der Waals surface area contributed by atoms with Gasteiger partial charge < -0.3 is 24.3 Å². The van der Waals surface area contributed by atoms with Crippen molar-refractivity contribution < 1.29 is 28.6 Å². The van der Waals surface area contributed by atoms with E-state index in [4.69, 9.17) is 9.15 Å². The number of amides is 1. The van der Waals surface area contributed by atoms with Crippen molar-refractivity contribution in [2.75, 3.05) is 14.2 Å². The average molecular weight is 396 g/mol. The van der Waals surface area contributed by atoms with Crippen molar-refractivity contribution in [3.8, 4) is 23.0 Å². The van der Waals surface area contributed by atoms with Gasteiger partial charge in [-0.1, -0.05) is 6.07 Å². The van der Waals surface area contributed by atoms with E-state index in [0.717, 1.165) is 0 Å². The van der Waals surface area contributed by atoms with E-state index >= 15 is 0 Å². The Kier molecular flexibility index (Phi) is 5.82. The number of hydrogen-bond donors (Lipinski definition) is 2. The van der Waals surface area contributed by atoms with E-state index in [1.807, 2.05) is 0 Å². The lowest BCUT2D eigenvalue weighted by molar-refractivity contribution is 0.0600. The molecule has 0 unspecified atom stereocenters. The molecule has 1 heterocycles. The Morgan fingerprint density at radius 2 is 1.90 bits per heavy atom. The van der Waals surface area contributed by atoms with Crippen molar-refractivity contribution in [3.05, 3.63) is 65.0 Å². The zero-order valence-electron chi connectivity index (χ0n) is 16.2. The number of carbonyl (C=O) groups is 2. The first-order valence-corrected chi connectivity index (χ1v) is 8.73. The molecular formula is C21H20N2O6. The maximum atomic E-state index is 12.4. The molecule has 150 valence electrons. The molecule has 0 aliphatic carbocycles. The Hall–Kier alpha value is -3.81. The van der Waals surface area contributed by atoms with E-state index < -0.39 is 5.97 Å². The second-order valence-electron chi connectivity index (χ2n) is 6.16. The molecule has 0 aliphatic heterocycles. The number of ether oxygens (including phenoxy) is 2. The second-order valence-corrected chi connectivity index (χ2v) is 6.16. The maximum Gasteiger partial charge on any atom is 0.337 e. The van der Waals surface area contributed by atoms with Crippen LogP contribution in [-0.4, -0.2) is 36.2 Å². The third kappa shape index (κ3) is 4.37. The van der Waals surface area contributed by atoms with Crippen molar-refractivity contribution in [1.82, 2.24) is 10.3 Å². The number of aromatic hydroxyl groups is 1. The predicted octanol–water partition coefficient (Wildman–Crippen LogP) is 3.08. The highest BCUT2D eigenvalue weighted by Gasteiger charge is 2.15. The molecule has 0 radical (unpaired) electrons. The van der Waals surface area contributed by atoms with Gasteiger partial charge in [0.05, 0.1) is 26.3 Å². The van der Waals surface area contributed by atoms with Crippen LogP contribution in [0.15, 0.2) is 46.9 Å². The number of esters is 1. The fourth-order valence-electron chi connectivity index (χ4n) is 2.70. The third-order valence-electron chi connectivity index (χ3n) is 4.28. The first-order valence-electron chi connectivity index (χ1n) is 8.73. The van der Waals surface area contributed by atoms with Crippen LogP contribution in [0.25, 0.3) is 11.5 Å². The topological polar surface area (TPSA) is 111 Å². The smallest absolute Gasteiger partial charge is 0.337 e. The lowest BCUT2D eigenvalue weighted by Gasteiger charge is -2.05. The molecule has 2 aromatic carbocycles. The summed E-state index contributed by atoms with van der Waals surface area (Å²) in [5.74, 6) is 0.347. The van der Waals surface area contributed by atoms with Gasteiger partial charge in [-0.3, -0.25) is 4.79 Å². The number of nitrogens with zero attached hydrogens (tertiary/aromatic N) is 1. The molecule has 3 aromatic rings. The SMILES string of the molecule is COC(=O)c1cccc(C(=O)NCc2nc(-c3ccc(O)c(OC)c3)oc2C)c1. The molecule has 0 saturated carbocycles. The number of oxazole rings is 1. The molecule has 0 aliphatic rings. The van der Waals surface area contributed by atoms with E-state index in [0.29, 0.717) is 39.8 Å². The van der Waals surface area contributed by atoms with Crippen molar-refractivity contribution in [2.24, 2.45) is 0 Å². The fourth-order valence-corrected chi connectivity index (χ4v) is 2.70. The number of aryl methyl sites for hydroxylation is 1. The van der Waals surface area contributed by atoms with Crippen LogP contribution in [0.5, 0.6) is 11.5 Å². The van der Waals surface area contributed by atoms with E-state index in [1.165, 1.54) is 26.4 Å². The quantitative estimate of drug-likeness (QED) is 0.616. The fraction of sp³-hybridized carbons (Fsp3) is 0.190. The summed E-state index contributed by atoms with van der Waals surface area (Å²) in [6.45, 7) is 1.89. The van der Waals surface area contributed by atoms with Crippen LogP contribution in [0.2, 0.25) is 0 Å². The highest BCUT2D eigenvalue weighted by Crippen LogP contribution is 2.31. The zero-order valence-corrected chi connectivity index (χ0v) is 16.2. The summed E-state index contributed by atoms with van der Waals surface area (Å²) in [6, 6.07) is 11.0. The summed E-state index contributed by atoms with van der Waals surface area (Å²) in [5, 5.41) is 12.5. The van der Waals surface area contributed by atoms with Crippen LogP contribution in [0.4, 0.5) is 0 Å². The van der Waals surface area contributed by atoms with Crippen molar-refractivity contribution in [3.63, 3.8) is 0 Å². The average Bonchev–Trinajstić information content (AvgIpc) is 3.12. The molecule has 8 heteroatoms. The molecule has 0 saturated heterocycles.